The summed E-state index contributed by atoms with van der Waals surface area (Å²) in [5.74, 6) is -0.377. The molecule has 4 nitrogen and oxygen atoms in total. The van der Waals surface area contributed by atoms with Gasteiger partial charge in [0.15, 0.2) is 0 Å². The monoisotopic (exact) mass is 394 g/mol. The van der Waals surface area contributed by atoms with E-state index in [-0.39, 0.29) is 5.97 Å². The molecule has 0 spiro atoms. The minimum absolute atomic E-state index is 0.377. The molecule has 0 bridgehead atoms. The first-order chi connectivity index (χ1) is 13.7. The van der Waals surface area contributed by atoms with Crippen LogP contribution in [-0.4, -0.2) is 25.6 Å². The van der Waals surface area contributed by atoms with Crippen molar-refractivity contribution in [2.75, 3.05) is 19.6 Å². The molecule has 3 aromatic rings. The maximum Gasteiger partial charge on any atom is 0.338 e. The molecular formula is C23H23ClN2O2. The van der Waals surface area contributed by atoms with Gasteiger partial charge in [-0.1, -0.05) is 66.2 Å². The number of benzene rings is 3. The number of esters is 1. The standard InChI is InChI=1S/C23H23ClN2O2/c24-21-11-5-9-19(15-21)22(16-26-13-12-25)28-23(27)20-10-4-8-18(14-20)17-6-2-1-3-7-17/h1-11,14-15,22,26H,12-13,16,25H2/t22-/m0/s1. The van der Waals surface area contributed by atoms with E-state index in [0.717, 1.165) is 16.7 Å². The van der Waals surface area contributed by atoms with Crippen LogP contribution in [0, 0.1) is 0 Å². The van der Waals surface area contributed by atoms with Crippen molar-refractivity contribution < 1.29 is 9.53 Å². The number of hydrogen-bond acceptors (Lipinski definition) is 4. The van der Waals surface area contributed by atoms with Crippen LogP contribution in [0.25, 0.3) is 11.1 Å². The molecule has 0 radical (unpaired) electrons. The fourth-order valence-electron chi connectivity index (χ4n) is 2.92. The average molecular weight is 395 g/mol. The summed E-state index contributed by atoms with van der Waals surface area (Å²) in [6.45, 7) is 1.61. The van der Waals surface area contributed by atoms with Crippen LogP contribution >= 0.6 is 11.6 Å². The van der Waals surface area contributed by atoms with Crippen molar-refractivity contribution in [1.82, 2.24) is 5.32 Å². The SMILES string of the molecule is NCCNC[C@H](OC(=O)c1cccc(-c2ccccc2)c1)c1cccc(Cl)c1. The summed E-state index contributed by atoms with van der Waals surface area (Å²) in [4.78, 5) is 12.8. The smallest absolute Gasteiger partial charge is 0.338 e. The fourth-order valence-corrected chi connectivity index (χ4v) is 3.12. The normalized spacial score (nSPS) is 11.8. The van der Waals surface area contributed by atoms with Crippen LogP contribution in [0.4, 0.5) is 0 Å². The van der Waals surface area contributed by atoms with Gasteiger partial charge in [-0.3, -0.25) is 0 Å². The van der Waals surface area contributed by atoms with Gasteiger partial charge in [-0.05, 0) is 41.0 Å². The van der Waals surface area contributed by atoms with Gasteiger partial charge in [0.2, 0.25) is 0 Å². The molecule has 3 N–H and O–H groups in total. The van der Waals surface area contributed by atoms with Crippen LogP contribution in [0.15, 0.2) is 78.9 Å². The van der Waals surface area contributed by atoms with Crippen molar-refractivity contribution in [3.05, 3.63) is 95.0 Å². The Balaban J connectivity index is 1.79. The molecule has 0 saturated heterocycles. The van der Waals surface area contributed by atoms with E-state index in [1.807, 2.05) is 66.7 Å². The Morgan fingerprint density at radius 2 is 1.71 bits per heavy atom. The lowest BCUT2D eigenvalue weighted by atomic mass is 10.0. The van der Waals surface area contributed by atoms with Crippen molar-refractivity contribution in [3.8, 4) is 11.1 Å². The van der Waals surface area contributed by atoms with Gasteiger partial charge in [0.25, 0.3) is 0 Å². The molecule has 0 saturated carbocycles. The van der Waals surface area contributed by atoms with Gasteiger partial charge in [0.05, 0.1) is 5.56 Å². The maximum absolute atomic E-state index is 12.8. The number of hydrogen-bond donors (Lipinski definition) is 2. The second kappa shape index (κ2) is 10.0. The second-order valence-corrected chi connectivity index (χ2v) is 6.83. The van der Waals surface area contributed by atoms with Gasteiger partial charge in [-0.2, -0.15) is 0 Å². The number of carbonyl (C=O) groups excluding carboxylic acids is 1. The Morgan fingerprint density at radius 1 is 0.964 bits per heavy atom. The van der Waals surface area contributed by atoms with Crippen LogP contribution in [0.2, 0.25) is 5.02 Å². The number of ether oxygens (including phenoxy) is 1. The minimum Gasteiger partial charge on any atom is -0.453 e. The van der Waals surface area contributed by atoms with Crippen LogP contribution < -0.4 is 11.1 Å². The third-order valence-electron chi connectivity index (χ3n) is 4.33. The molecule has 0 aliphatic heterocycles. The highest BCUT2D eigenvalue weighted by Crippen LogP contribution is 2.24. The Bertz CT molecular complexity index is 915. The summed E-state index contributed by atoms with van der Waals surface area (Å²) >= 11 is 6.11. The summed E-state index contributed by atoms with van der Waals surface area (Å²) in [5.41, 5.74) is 8.91. The molecule has 1 atom stereocenters. The molecule has 5 heteroatoms. The van der Waals surface area contributed by atoms with E-state index in [4.69, 9.17) is 22.1 Å². The van der Waals surface area contributed by atoms with Crippen molar-refractivity contribution in [3.63, 3.8) is 0 Å². The Labute approximate surface area is 170 Å². The zero-order valence-electron chi connectivity index (χ0n) is 15.5. The molecule has 0 aliphatic carbocycles. The molecule has 0 heterocycles. The molecule has 0 aliphatic rings. The zero-order chi connectivity index (χ0) is 19.8. The van der Waals surface area contributed by atoms with E-state index in [2.05, 4.69) is 5.32 Å². The van der Waals surface area contributed by atoms with Crippen LogP contribution in [0.5, 0.6) is 0 Å². The van der Waals surface area contributed by atoms with Crippen molar-refractivity contribution in [2.24, 2.45) is 5.73 Å². The first-order valence-corrected chi connectivity index (χ1v) is 9.58. The predicted octanol–water partition coefficient (Wildman–Crippen LogP) is 4.45. The molecule has 0 fully saturated rings. The van der Waals surface area contributed by atoms with Crippen molar-refractivity contribution >= 4 is 17.6 Å². The van der Waals surface area contributed by atoms with Crippen LogP contribution in [0.3, 0.4) is 0 Å². The van der Waals surface area contributed by atoms with Gasteiger partial charge >= 0.3 is 5.97 Å². The Hall–Kier alpha value is -2.66. The fraction of sp³-hybridized carbons (Fsp3) is 0.174. The highest BCUT2D eigenvalue weighted by molar-refractivity contribution is 6.30. The third kappa shape index (κ3) is 5.42. The van der Waals surface area contributed by atoms with Gasteiger partial charge in [-0.15, -0.1) is 0 Å². The summed E-state index contributed by atoms with van der Waals surface area (Å²) in [6.07, 6.45) is -0.460. The van der Waals surface area contributed by atoms with E-state index >= 15 is 0 Å². The summed E-state index contributed by atoms with van der Waals surface area (Å²) < 4.78 is 5.81. The first kappa shape index (κ1) is 20.1. The molecule has 3 aromatic carbocycles. The Morgan fingerprint density at radius 3 is 2.46 bits per heavy atom. The van der Waals surface area contributed by atoms with Crippen LogP contribution in [-0.2, 0) is 4.74 Å². The predicted molar refractivity (Wildman–Crippen MR) is 113 cm³/mol. The van der Waals surface area contributed by atoms with Crippen molar-refractivity contribution in [2.45, 2.75) is 6.10 Å². The van der Waals surface area contributed by atoms with E-state index in [9.17, 15) is 4.79 Å². The number of rotatable bonds is 8. The number of halogens is 1. The summed E-state index contributed by atoms with van der Waals surface area (Å²) in [7, 11) is 0. The average Bonchev–Trinajstić information content (AvgIpc) is 2.74. The highest BCUT2D eigenvalue weighted by Gasteiger charge is 2.18. The highest BCUT2D eigenvalue weighted by atomic mass is 35.5. The molecule has 28 heavy (non-hydrogen) atoms. The maximum atomic E-state index is 12.8. The van der Waals surface area contributed by atoms with Crippen molar-refractivity contribution in [1.29, 1.82) is 0 Å². The van der Waals surface area contributed by atoms with Gasteiger partial charge < -0.3 is 15.8 Å². The molecule has 0 aromatic heterocycles. The first-order valence-electron chi connectivity index (χ1n) is 9.20. The topological polar surface area (TPSA) is 64.3 Å². The van der Waals surface area contributed by atoms with Crippen LogP contribution in [0.1, 0.15) is 22.0 Å². The zero-order valence-corrected chi connectivity index (χ0v) is 16.2. The summed E-state index contributed by atoms with van der Waals surface area (Å²) in [6, 6.07) is 24.7. The number of nitrogens with two attached hydrogens (primary N) is 1. The molecule has 0 unspecified atom stereocenters. The van der Waals surface area contributed by atoms with Gasteiger partial charge in [0, 0.05) is 24.7 Å². The summed E-state index contributed by atoms with van der Waals surface area (Å²) in [5, 5.41) is 3.80. The Kier molecular flexibility index (Phi) is 7.20. The molecule has 144 valence electrons. The quantitative estimate of drug-likeness (QED) is 0.437. The lowest BCUT2D eigenvalue weighted by Crippen LogP contribution is -2.29. The number of carbonyl (C=O) groups is 1. The third-order valence-corrected chi connectivity index (χ3v) is 4.56. The molecule has 3 rings (SSSR count). The van der Waals surface area contributed by atoms with E-state index in [0.29, 0.717) is 30.2 Å². The minimum atomic E-state index is -0.460. The van der Waals surface area contributed by atoms with E-state index in [1.54, 1.807) is 12.1 Å². The van der Waals surface area contributed by atoms with Gasteiger partial charge in [0.1, 0.15) is 6.10 Å². The van der Waals surface area contributed by atoms with E-state index < -0.39 is 6.10 Å². The number of nitrogens with one attached hydrogen (secondary N) is 1. The second-order valence-electron chi connectivity index (χ2n) is 6.39. The van der Waals surface area contributed by atoms with E-state index in [1.165, 1.54) is 0 Å². The lowest BCUT2D eigenvalue weighted by Gasteiger charge is -2.19. The molecular weight excluding hydrogens is 372 g/mol. The lowest BCUT2D eigenvalue weighted by molar-refractivity contribution is 0.0298. The largest absolute Gasteiger partial charge is 0.453 e. The van der Waals surface area contributed by atoms with Gasteiger partial charge in [-0.25, -0.2) is 4.79 Å². The molecule has 0 amide bonds.